The summed E-state index contributed by atoms with van der Waals surface area (Å²) in [6.45, 7) is 2.11. The molecule has 10 heteroatoms. The number of carboxylic acid groups (broad SMARTS) is 1. The summed E-state index contributed by atoms with van der Waals surface area (Å²) in [6.07, 6.45) is 1.63. The number of rotatable bonds is 6. The quantitative estimate of drug-likeness (QED) is 0.752. The maximum atomic E-state index is 12.5. The number of carbonyl (C=O) groups is 2. The lowest BCUT2D eigenvalue weighted by atomic mass is 10.1. The van der Waals surface area contributed by atoms with E-state index in [0.717, 1.165) is 11.3 Å². The first kappa shape index (κ1) is 18.1. The summed E-state index contributed by atoms with van der Waals surface area (Å²) in [5, 5.41) is 19.5. The second-order valence-corrected chi connectivity index (χ2v) is 6.03. The molecule has 10 nitrogen and oxygen atoms in total. The van der Waals surface area contributed by atoms with Gasteiger partial charge in [0.15, 0.2) is 11.5 Å². The summed E-state index contributed by atoms with van der Waals surface area (Å²) >= 11 is 0. The van der Waals surface area contributed by atoms with Gasteiger partial charge in [-0.05, 0) is 13.3 Å². The van der Waals surface area contributed by atoms with Crippen LogP contribution in [0.3, 0.4) is 0 Å². The Morgan fingerprint density at radius 2 is 2.31 bits per heavy atom. The minimum atomic E-state index is -1.08. The largest absolute Gasteiger partial charge is 0.480 e. The summed E-state index contributed by atoms with van der Waals surface area (Å²) in [7, 11) is 1.81. The molecule has 1 fully saturated rings. The number of hydrogen-bond acceptors (Lipinski definition) is 7. The molecule has 140 valence electrons. The molecule has 2 aromatic heterocycles. The first-order chi connectivity index (χ1) is 12.5. The molecule has 2 atom stereocenters. The predicted octanol–water partition coefficient (Wildman–Crippen LogP) is 0.372. The SMILES string of the molecule is Cc1c(-c2cc(C(=O)N[C@@H]3CCOC[C@H]3OCC(=O)O)no2)cnn1C. The molecule has 1 aliphatic rings. The molecular weight excluding hydrogens is 344 g/mol. The van der Waals surface area contributed by atoms with Crippen LogP contribution in [0.4, 0.5) is 0 Å². The van der Waals surface area contributed by atoms with Crippen molar-refractivity contribution in [2.24, 2.45) is 7.05 Å². The third-order valence-corrected chi connectivity index (χ3v) is 4.28. The molecule has 1 saturated heterocycles. The van der Waals surface area contributed by atoms with Crippen molar-refractivity contribution in [2.75, 3.05) is 19.8 Å². The van der Waals surface area contributed by atoms with Crippen LogP contribution >= 0.6 is 0 Å². The third kappa shape index (κ3) is 3.92. The second-order valence-electron chi connectivity index (χ2n) is 6.03. The predicted molar refractivity (Wildman–Crippen MR) is 87.5 cm³/mol. The van der Waals surface area contributed by atoms with Crippen LogP contribution in [0.15, 0.2) is 16.8 Å². The van der Waals surface area contributed by atoms with Crippen LogP contribution < -0.4 is 5.32 Å². The minimum absolute atomic E-state index is 0.131. The summed E-state index contributed by atoms with van der Waals surface area (Å²) in [5.74, 6) is -1.04. The average Bonchev–Trinajstić information content (AvgIpc) is 3.22. The molecule has 0 aliphatic carbocycles. The molecule has 0 bridgehead atoms. The lowest BCUT2D eigenvalue weighted by Crippen LogP contribution is -2.50. The monoisotopic (exact) mass is 364 g/mol. The smallest absolute Gasteiger partial charge is 0.329 e. The number of nitrogens with one attached hydrogen (secondary N) is 1. The maximum absolute atomic E-state index is 12.5. The number of carboxylic acids is 1. The zero-order valence-corrected chi connectivity index (χ0v) is 14.5. The van der Waals surface area contributed by atoms with E-state index in [9.17, 15) is 9.59 Å². The van der Waals surface area contributed by atoms with Crippen LogP contribution in [-0.2, 0) is 21.3 Å². The Kier molecular flexibility index (Phi) is 5.33. The van der Waals surface area contributed by atoms with E-state index in [2.05, 4.69) is 15.6 Å². The van der Waals surface area contributed by atoms with Gasteiger partial charge in [0.1, 0.15) is 12.7 Å². The summed E-state index contributed by atoms with van der Waals surface area (Å²) in [6, 6.07) is 1.18. The van der Waals surface area contributed by atoms with Gasteiger partial charge in [-0.15, -0.1) is 0 Å². The molecule has 3 heterocycles. The highest BCUT2D eigenvalue weighted by molar-refractivity contribution is 5.93. The fourth-order valence-corrected chi connectivity index (χ4v) is 2.71. The molecule has 0 aromatic carbocycles. The topological polar surface area (TPSA) is 129 Å². The van der Waals surface area contributed by atoms with Gasteiger partial charge in [-0.2, -0.15) is 5.10 Å². The Morgan fingerprint density at radius 1 is 1.50 bits per heavy atom. The zero-order valence-electron chi connectivity index (χ0n) is 14.5. The van der Waals surface area contributed by atoms with E-state index in [1.807, 2.05) is 14.0 Å². The molecule has 2 N–H and O–H groups in total. The van der Waals surface area contributed by atoms with Gasteiger partial charge in [-0.3, -0.25) is 9.48 Å². The third-order valence-electron chi connectivity index (χ3n) is 4.28. The van der Waals surface area contributed by atoms with E-state index in [0.29, 0.717) is 18.8 Å². The number of amides is 1. The maximum Gasteiger partial charge on any atom is 0.329 e. The summed E-state index contributed by atoms with van der Waals surface area (Å²) < 4.78 is 17.6. The van der Waals surface area contributed by atoms with Gasteiger partial charge in [0.25, 0.3) is 5.91 Å². The molecule has 0 saturated carbocycles. The van der Waals surface area contributed by atoms with Crippen LogP contribution in [0.5, 0.6) is 0 Å². The number of carbonyl (C=O) groups excluding carboxylic acids is 1. The highest BCUT2D eigenvalue weighted by Gasteiger charge is 2.29. The van der Waals surface area contributed by atoms with E-state index in [-0.39, 0.29) is 18.3 Å². The molecule has 1 amide bonds. The van der Waals surface area contributed by atoms with E-state index in [4.69, 9.17) is 19.1 Å². The van der Waals surface area contributed by atoms with Crippen LogP contribution in [0, 0.1) is 6.92 Å². The van der Waals surface area contributed by atoms with Gasteiger partial charge in [-0.1, -0.05) is 5.16 Å². The van der Waals surface area contributed by atoms with Crippen molar-refractivity contribution in [3.8, 4) is 11.3 Å². The van der Waals surface area contributed by atoms with E-state index in [1.54, 1.807) is 16.9 Å². The Bertz CT molecular complexity index is 799. The molecular formula is C16H20N4O6. The van der Waals surface area contributed by atoms with Gasteiger partial charge in [-0.25, -0.2) is 4.79 Å². The lowest BCUT2D eigenvalue weighted by Gasteiger charge is -2.31. The number of ether oxygens (including phenoxy) is 2. The van der Waals surface area contributed by atoms with E-state index < -0.39 is 24.6 Å². The summed E-state index contributed by atoms with van der Waals surface area (Å²) in [4.78, 5) is 23.1. The van der Waals surface area contributed by atoms with Crippen LogP contribution in [-0.4, -0.2) is 63.9 Å². The van der Waals surface area contributed by atoms with Crippen LogP contribution in [0.2, 0.25) is 0 Å². The first-order valence-electron chi connectivity index (χ1n) is 8.13. The number of aliphatic carboxylic acids is 1. The Hall–Kier alpha value is -2.72. The fraction of sp³-hybridized carbons (Fsp3) is 0.500. The Labute approximate surface area is 149 Å². The highest BCUT2D eigenvalue weighted by Crippen LogP contribution is 2.23. The lowest BCUT2D eigenvalue weighted by molar-refractivity contribution is -0.148. The number of nitrogens with zero attached hydrogens (tertiary/aromatic N) is 3. The van der Waals surface area contributed by atoms with E-state index >= 15 is 0 Å². The van der Waals surface area contributed by atoms with Crippen LogP contribution in [0.25, 0.3) is 11.3 Å². The van der Waals surface area contributed by atoms with Gasteiger partial charge < -0.3 is 24.4 Å². The number of aryl methyl sites for hydroxylation is 1. The molecule has 2 aromatic rings. The minimum Gasteiger partial charge on any atom is -0.480 e. The normalized spacial score (nSPS) is 20.1. The van der Waals surface area contributed by atoms with Crippen molar-refractivity contribution in [1.29, 1.82) is 0 Å². The summed E-state index contributed by atoms with van der Waals surface area (Å²) in [5.41, 5.74) is 1.78. The molecule has 0 radical (unpaired) electrons. The van der Waals surface area contributed by atoms with Crippen molar-refractivity contribution in [3.05, 3.63) is 23.7 Å². The van der Waals surface area contributed by atoms with Gasteiger partial charge in [0, 0.05) is 25.4 Å². The Balaban J connectivity index is 1.67. The first-order valence-corrected chi connectivity index (χ1v) is 8.13. The van der Waals surface area contributed by atoms with Crippen LogP contribution in [0.1, 0.15) is 22.6 Å². The van der Waals surface area contributed by atoms with E-state index in [1.165, 1.54) is 0 Å². The molecule has 26 heavy (non-hydrogen) atoms. The molecule has 1 aliphatic heterocycles. The molecule has 0 unspecified atom stereocenters. The standard InChI is InChI=1S/C16H20N4O6/c1-9-10(6-17-20(9)2)13-5-12(19-26-13)16(23)18-11-3-4-24-7-14(11)25-8-15(21)22/h5-6,11,14H,3-4,7-8H2,1-2H3,(H,18,23)(H,21,22)/t11-,14-/m1/s1. The van der Waals surface area contributed by atoms with Crippen molar-refractivity contribution < 1.29 is 28.7 Å². The fourth-order valence-electron chi connectivity index (χ4n) is 2.71. The highest BCUT2D eigenvalue weighted by atomic mass is 16.5. The number of hydrogen-bond donors (Lipinski definition) is 2. The van der Waals surface area contributed by atoms with Gasteiger partial charge in [0.2, 0.25) is 0 Å². The zero-order chi connectivity index (χ0) is 18.7. The van der Waals surface area contributed by atoms with Crippen molar-refractivity contribution in [1.82, 2.24) is 20.3 Å². The van der Waals surface area contributed by atoms with Gasteiger partial charge >= 0.3 is 5.97 Å². The Morgan fingerprint density at radius 3 is 3.00 bits per heavy atom. The molecule has 0 spiro atoms. The van der Waals surface area contributed by atoms with Crippen molar-refractivity contribution >= 4 is 11.9 Å². The van der Waals surface area contributed by atoms with Crippen molar-refractivity contribution in [3.63, 3.8) is 0 Å². The van der Waals surface area contributed by atoms with Gasteiger partial charge in [0.05, 0.1) is 24.4 Å². The average molecular weight is 364 g/mol. The second kappa shape index (κ2) is 7.67. The molecule has 3 rings (SSSR count). The van der Waals surface area contributed by atoms with Crippen molar-refractivity contribution in [2.45, 2.75) is 25.5 Å². The number of aromatic nitrogens is 3.